The zero-order valence-corrected chi connectivity index (χ0v) is 14.0. The fourth-order valence-electron chi connectivity index (χ4n) is 2.82. The summed E-state index contributed by atoms with van der Waals surface area (Å²) >= 11 is 0. The van der Waals surface area contributed by atoms with Crippen LogP contribution in [-0.4, -0.2) is 42.0 Å². The van der Waals surface area contributed by atoms with Crippen LogP contribution in [0.2, 0.25) is 0 Å². The van der Waals surface area contributed by atoms with Gasteiger partial charge in [0.2, 0.25) is 5.91 Å². The molecule has 2 rings (SSSR count). The Balaban J connectivity index is 1.69. The summed E-state index contributed by atoms with van der Waals surface area (Å²) in [6.07, 6.45) is 2.98. The molecule has 1 aromatic carbocycles. The van der Waals surface area contributed by atoms with E-state index in [4.69, 9.17) is 0 Å². The smallest absolute Gasteiger partial charge is 0.315 e. The van der Waals surface area contributed by atoms with Crippen molar-refractivity contribution in [1.29, 1.82) is 0 Å². The number of hydrogen-bond acceptors (Lipinski definition) is 2. The van der Waals surface area contributed by atoms with E-state index in [-0.39, 0.29) is 24.0 Å². The molecule has 0 atom stereocenters. The van der Waals surface area contributed by atoms with E-state index in [0.717, 1.165) is 32.4 Å². The zero-order valence-electron chi connectivity index (χ0n) is 14.0. The van der Waals surface area contributed by atoms with Crippen LogP contribution >= 0.6 is 0 Å². The molecule has 0 aromatic heterocycles. The lowest BCUT2D eigenvalue weighted by Crippen LogP contribution is -2.50. The lowest BCUT2D eigenvalue weighted by atomic mass is 10.0. The standard InChI is InChI=1S/C18H27N3O2/c1-14(2)19-18(23)20-16-10-12-21(13-11-16)17(22)9-8-15-6-4-3-5-7-15/h3-7,14,16H,8-13H2,1-2H3,(H2,19,20,23). The lowest BCUT2D eigenvalue weighted by Gasteiger charge is -2.32. The summed E-state index contributed by atoms with van der Waals surface area (Å²) in [5, 5.41) is 5.81. The maximum absolute atomic E-state index is 12.3. The number of nitrogens with zero attached hydrogens (tertiary/aromatic N) is 1. The van der Waals surface area contributed by atoms with E-state index >= 15 is 0 Å². The second kappa shape index (κ2) is 8.56. The number of piperidine rings is 1. The highest BCUT2D eigenvalue weighted by Crippen LogP contribution is 2.13. The van der Waals surface area contributed by atoms with E-state index in [0.29, 0.717) is 6.42 Å². The molecule has 0 bridgehead atoms. The van der Waals surface area contributed by atoms with Crippen molar-refractivity contribution in [1.82, 2.24) is 15.5 Å². The number of amides is 3. The first kappa shape index (κ1) is 17.3. The van der Waals surface area contributed by atoms with E-state index in [1.54, 1.807) is 0 Å². The predicted molar refractivity (Wildman–Crippen MR) is 91.2 cm³/mol. The predicted octanol–water partition coefficient (Wildman–Crippen LogP) is 2.32. The minimum absolute atomic E-state index is 0.117. The van der Waals surface area contributed by atoms with E-state index < -0.39 is 0 Å². The van der Waals surface area contributed by atoms with Crippen molar-refractivity contribution < 1.29 is 9.59 Å². The summed E-state index contributed by atoms with van der Waals surface area (Å²) in [6, 6.07) is 10.3. The highest BCUT2D eigenvalue weighted by molar-refractivity contribution is 5.77. The fraction of sp³-hybridized carbons (Fsp3) is 0.556. The molecular formula is C18H27N3O2. The SMILES string of the molecule is CC(C)NC(=O)NC1CCN(C(=O)CCc2ccccc2)CC1. The quantitative estimate of drug-likeness (QED) is 0.875. The Hall–Kier alpha value is -2.04. The Morgan fingerprint density at radius 1 is 1.17 bits per heavy atom. The van der Waals surface area contributed by atoms with E-state index in [2.05, 4.69) is 22.8 Å². The first-order valence-corrected chi connectivity index (χ1v) is 8.43. The fourth-order valence-corrected chi connectivity index (χ4v) is 2.82. The van der Waals surface area contributed by atoms with E-state index in [1.807, 2.05) is 36.9 Å². The van der Waals surface area contributed by atoms with Gasteiger partial charge in [0.25, 0.3) is 0 Å². The number of carbonyl (C=O) groups is 2. The monoisotopic (exact) mass is 317 g/mol. The minimum Gasteiger partial charge on any atom is -0.343 e. The summed E-state index contributed by atoms with van der Waals surface area (Å²) in [6.45, 7) is 5.32. The van der Waals surface area contributed by atoms with Crippen molar-refractivity contribution in [3.8, 4) is 0 Å². The lowest BCUT2D eigenvalue weighted by molar-refractivity contribution is -0.132. The van der Waals surface area contributed by atoms with Crippen LogP contribution in [0.3, 0.4) is 0 Å². The average Bonchev–Trinajstić information content (AvgIpc) is 2.53. The van der Waals surface area contributed by atoms with Gasteiger partial charge >= 0.3 is 6.03 Å². The van der Waals surface area contributed by atoms with Crippen molar-refractivity contribution in [2.75, 3.05) is 13.1 Å². The third kappa shape index (κ3) is 5.93. The Bertz CT molecular complexity index is 508. The number of nitrogens with one attached hydrogen (secondary N) is 2. The molecule has 1 aromatic rings. The second-order valence-corrected chi connectivity index (χ2v) is 6.41. The van der Waals surface area contributed by atoms with Gasteiger partial charge in [0.1, 0.15) is 0 Å². The van der Waals surface area contributed by atoms with Gasteiger partial charge in [-0.05, 0) is 38.7 Å². The van der Waals surface area contributed by atoms with Crippen LogP contribution in [0, 0.1) is 0 Å². The molecule has 0 unspecified atom stereocenters. The van der Waals surface area contributed by atoms with Crippen LogP contribution in [0.15, 0.2) is 30.3 Å². The number of likely N-dealkylation sites (tertiary alicyclic amines) is 1. The molecule has 5 heteroatoms. The molecule has 5 nitrogen and oxygen atoms in total. The van der Waals surface area contributed by atoms with Gasteiger partial charge < -0.3 is 15.5 Å². The summed E-state index contributed by atoms with van der Waals surface area (Å²) in [4.78, 5) is 25.9. The Morgan fingerprint density at radius 2 is 1.83 bits per heavy atom. The summed E-state index contributed by atoms with van der Waals surface area (Å²) < 4.78 is 0. The van der Waals surface area contributed by atoms with Gasteiger partial charge in [-0.2, -0.15) is 0 Å². The van der Waals surface area contributed by atoms with Gasteiger partial charge in [-0.15, -0.1) is 0 Å². The van der Waals surface area contributed by atoms with Crippen molar-refractivity contribution in [2.45, 2.75) is 51.6 Å². The molecule has 23 heavy (non-hydrogen) atoms. The third-order valence-corrected chi connectivity index (χ3v) is 4.07. The summed E-state index contributed by atoms with van der Waals surface area (Å²) in [5.41, 5.74) is 1.20. The minimum atomic E-state index is -0.117. The molecule has 0 saturated carbocycles. The first-order chi connectivity index (χ1) is 11.0. The molecule has 0 radical (unpaired) electrons. The summed E-state index contributed by atoms with van der Waals surface area (Å²) in [5.74, 6) is 0.207. The average molecular weight is 317 g/mol. The van der Waals surface area contributed by atoms with Crippen molar-refractivity contribution >= 4 is 11.9 Å². The van der Waals surface area contributed by atoms with Crippen LogP contribution in [-0.2, 0) is 11.2 Å². The molecule has 1 heterocycles. The van der Waals surface area contributed by atoms with Crippen molar-refractivity contribution in [2.24, 2.45) is 0 Å². The normalized spacial score (nSPS) is 15.5. The first-order valence-electron chi connectivity index (χ1n) is 8.43. The van der Waals surface area contributed by atoms with E-state index in [1.165, 1.54) is 5.56 Å². The molecule has 2 N–H and O–H groups in total. The topological polar surface area (TPSA) is 61.4 Å². The number of urea groups is 1. The van der Waals surface area contributed by atoms with E-state index in [9.17, 15) is 9.59 Å². The molecule has 1 aliphatic rings. The molecule has 1 saturated heterocycles. The second-order valence-electron chi connectivity index (χ2n) is 6.41. The number of hydrogen-bond donors (Lipinski definition) is 2. The van der Waals surface area contributed by atoms with Gasteiger partial charge in [0, 0.05) is 31.6 Å². The number of benzene rings is 1. The number of carbonyl (C=O) groups excluding carboxylic acids is 2. The summed E-state index contributed by atoms with van der Waals surface area (Å²) in [7, 11) is 0. The van der Waals surface area contributed by atoms with Crippen molar-refractivity contribution in [3.63, 3.8) is 0 Å². The molecule has 0 aliphatic carbocycles. The van der Waals surface area contributed by atoms with Gasteiger partial charge in [0.05, 0.1) is 0 Å². The molecule has 1 fully saturated rings. The van der Waals surface area contributed by atoms with Gasteiger partial charge in [-0.3, -0.25) is 4.79 Å². The van der Waals surface area contributed by atoms with Crippen LogP contribution in [0.25, 0.3) is 0 Å². The van der Waals surface area contributed by atoms with Crippen LogP contribution in [0.4, 0.5) is 4.79 Å². The number of aryl methyl sites for hydroxylation is 1. The molecule has 3 amide bonds. The van der Waals surface area contributed by atoms with Gasteiger partial charge in [-0.25, -0.2) is 4.79 Å². The van der Waals surface area contributed by atoms with Gasteiger partial charge in [0.15, 0.2) is 0 Å². The molecule has 126 valence electrons. The third-order valence-electron chi connectivity index (χ3n) is 4.07. The largest absolute Gasteiger partial charge is 0.343 e. The Morgan fingerprint density at radius 3 is 2.43 bits per heavy atom. The highest BCUT2D eigenvalue weighted by atomic mass is 16.2. The van der Waals surface area contributed by atoms with Crippen molar-refractivity contribution in [3.05, 3.63) is 35.9 Å². The number of rotatable bonds is 5. The zero-order chi connectivity index (χ0) is 16.7. The highest BCUT2D eigenvalue weighted by Gasteiger charge is 2.23. The van der Waals surface area contributed by atoms with Crippen LogP contribution in [0.1, 0.15) is 38.7 Å². The maximum atomic E-state index is 12.3. The Kier molecular flexibility index (Phi) is 6.44. The Labute approximate surface area is 138 Å². The van der Waals surface area contributed by atoms with Gasteiger partial charge in [-0.1, -0.05) is 30.3 Å². The molecular weight excluding hydrogens is 290 g/mol. The molecule has 0 spiro atoms. The van der Waals surface area contributed by atoms with Crippen LogP contribution < -0.4 is 10.6 Å². The molecule has 1 aliphatic heterocycles. The van der Waals surface area contributed by atoms with Crippen LogP contribution in [0.5, 0.6) is 0 Å². The maximum Gasteiger partial charge on any atom is 0.315 e.